The van der Waals surface area contributed by atoms with Crippen molar-refractivity contribution < 1.29 is 4.92 Å². The highest BCUT2D eigenvalue weighted by molar-refractivity contribution is 5.78. The smallest absolute Gasteiger partial charge is 0.258 e. The number of non-ortho nitro benzene ring substituents is 1. The summed E-state index contributed by atoms with van der Waals surface area (Å²) in [7, 11) is 0. The Labute approximate surface area is 119 Å². The van der Waals surface area contributed by atoms with E-state index >= 15 is 0 Å². The Morgan fingerprint density at radius 3 is 2.14 bits per heavy atom. The summed E-state index contributed by atoms with van der Waals surface area (Å²) in [5.74, 6) is 0. The summed E-state index contributed by atoms with van der Waals surface area (Å²) in [6.07, 6.45) is 0. The lowest BCUT2D eigenvalue weighted by atomic mass is 9.93. The molecule has 2 rings (SSSR count). The topological polar surface area (TPSA) is 115 Å². The highest BCUT2D eigenvalue weighted by Crippen LogP contribution is 2.30. The average Bonchev–Trinajstić information content (AvgIpc) is 2.53. The van der Waals surface area contributed by atoms with Crippen molar-refractivity contribution in [3.05, 3.63) is 63.2 Å². The van der Waals surface area contributed by atoms with Gasteiger partial charge in [-0.2, -0.15) is 15.8 Å². The van der Waals surface area contributed by atoms with Crippen LogP contribution >= 0.6 is 0 Å². The lowest BCUT2D eigenvalue weighted by Crippen LogP contribution is -1.94. The molecule has 6 nitrogen and oxygen atoms in total. The third-order valence-electron chi connectivity index (χ3n) is 2.78. The van der Waals surface area contributed by atoms with E-state index in [0.717, 1.165) is 0 Å². The molecule has 0 unspecified atom stereocenters. The van der Waals surface area contributed by atoms with Crippen LogP contribution in [0.3, 0.4) is 0 Å². The summed E-state index contributed by atoms with van der Waals surface area (Å²) >= 11 is 0. The first-order valence-corrected chi connectivity index (χ1v) is 5.65. The van der Waals surface area contributed by atoms with Crippen LogP contribution in [0.25, 0.3) is 11.1 Å². The summed E-state index contributed by atoms with van der Waals surface area (Å²) in [5.41, 5.74) is 0.791. The van der Waals surface area contributed by atoms with Crippen LogP contribution in [0, 0.1) is 50.2 Å². The predicted molar refractivity (Wildman–Crippen MR) is 71.5 cm³/mol. The number of rotatable bonds is 2. The van der Waals surface area contributed by atoms with Crippen LogP contribution in [0.15, 0.2) is 30.3 Å². The molecule has 0 saturated carbocycles. The van der Waals surface area contributed by atoms with Crippen molar-refractivity contribution in [2.45, 2.75) is 0 Å². The molecule has 0 aliphatic rings. The standard InChI is InChI=1S/C15H5N4O2/c16-7-10-4-12(8-17)15(13(5-10)9-18)11-2-1-3-14(6-11)19(20)21/h1-2,4-6H. The molecule has 0 N–H and O–H groups in total. The van der Waals surface area contributed by atoms with Crippen molar-refractivity contribution in [1.29, 1.82) is 15.8 Å². The van der Waals surface area contributed by atoms with E-state index in [4.69, 9.17) is 5.26 Å². The lowest BCUT2D eigenvalue weighted by molar-refractivity contribution is -0.385. The van der Waals surface area contributed by atoms with E-state index in [1.807, 2.05) is 18.2 Å². The van der Waals surface area contributed by atoms with Crippen LogP contribution in [0.2, 0.25) is 0 Å². The maximum atomic E-state index is 10.8. The van der Waals surface area contributed by atoms with Gasteiger partial charge >= 0.3 is 0 Å². The van der Waals surface area contributed by atoms with Gasteiger partial charge in [-0.05, 0) is 23.8 Å². The monoisotopic (exact) mass is 273 g/mol. The number of nitriles is 3. The van der Waals surface area contributed by atoms with Crippen LogP contribution in [0.1, 0.15) is 16.7 Å². The number of nitrogens with zero attached hydrogens (tertiary/aromatic N) is 4. The molecule has 0 aliphatic heterocycles. The Morgan fingerprint density at radius 1 is 1.05 bits per heavy atom. The Kier molecular flexibility index (Phi) is 3.61. The molecule has 97 valence electrons. The highest BCUT2D eigenvalue weighted by atomic mass is 16.6. The van der Waals surface area contributed by atoms with Gasteiger partial charge in [0, 0.05) is 11.6 Å². The fraction of sp³-hybridized carbons (Fsp3) is 0. The number of nitro groups is 1. The molecule has 0 aliphatic carbocycles. The second-order valence-corrected chi connectivity index (χ2v) is 4.00. The van der Waals surface area contributed by atoms with E-state index in [1.165, 1.54) is 30.3 Å². The average molecular weight is 273 g/mol. The van der Waals surface area contributed by atoms with Crippen molar-refractivity contribution in [1.82, 2.24) is 0 Å². The van der Waals surface area contributed by atoms with Crippen LogP contribution in [-0.4, -0.2) is 4.92 Å². The molecule has 0 fully saturated rings. The zero-order chi connectivity index (χ0) is 15.4. The summed E-state index contributed by atoms with van der Waals surface area (Å²) in [4.78, 5) is 10.2. The van der Waals surface area contributed by atoms with E-state index < -0.39 is 4.92 Å². The first-order chi connectivity index (χ1) is 10.1. The van der Waals surface area contributed by atoms with E-state index in [-0.39, 0.29) is 27.9 Å². The minimum absolute atomic E-state index is 0.117. The summed E-state index contributed by atoms with van der Waals surface area (Å²) < 4.78 is 0. The molecule has 6 heteroatoms. The molecule has 0 aromatic heterocycles. The van der Waals surface area contributed by atoms with Gasteiger partial charge in [-0.25, -0.2) is 0 Å². The zero-order valence-electron chi connectivity index (χ0n) is 10.5. The first kappa shape index (κ1) is 13.7. The van der Waals surface area contributed by atoms with E-state index in [9.17, 15) is 20.6 Å². The fourth-order valence-electron chi connectivity index (χ4n) is 1.91. The van der Waals surface area contributed by atoms with Gasteiger partial charge in [0.05, 0.1) is 45.9 Å². The largest absolute Gasteiger partial charge is 0.278 e. The van der Waals surface area contributed by atoms with Crippen molar-refractivity contribution in [2.24, 2.45) is 0 Å². The molecular weight excluding hydrogens is 268 g/mol. The molecule has 0 heterocycles. The van der Waals surface area contributed by atoms with Gasteiger partial charge in [0.25, 0.3) is 5.69 Å². The molecule has 1 radical (unpaired) electrons. The molecule has 21 heavy (non-hydrogen) atoms. The molecular formula is C15H5N4O2. The molecule has 0 spiro atoms. The number of nitro benzene ring substituents is 1. The van der Waals surface area contributed by atoms with Crippen molar-refractivity contribution >= 4 is 5.69 Å². The summed E-state index contributed by atoms with van der Waals surface area (Å²) in [5, 5.41) is 38.1. The van der Waals surface area contributed by atoms with E-state index in [2.05, 4.69) is 6.07 Å². The summed E-state index contributed by atoms with van der Waals surface area (Å²) in [6, 6.07) is 15.0. The van der Waals surface area contributed by atoms with Crippen LogP contribution in [0.5, 0.6) is 0 Å². The van der Waals surface area contributed by atoms with Gasteiger partial charge < -0.3 is 0 Å². The first-order valence-electron chi connectivity index (χ1n) is 5.65. The normalized spacial score (nSPS) is 9.19. The van der Waals surface area contributed by atoms with Crippen molar-refractivity contribution in [2.75, 3.05) is 0 Å². The van der Waals surface area contributed by atoms with Crippen LogP contribution in [-0.2, 0) is 0 Å². The fourth-order valence-corrected chi connectivity index (χ4v) is 1.91. The third-order valence-corrected chi connectivity index (χ3v) is 2.78. The molecule has 2 aromatic carbocycles. The van der Waals surface area contributed by atoms with Gasteiger partial charge in [0.1, 0.15) is 0 Å². The molecule has 0 atom stereocenters. The highest BCUT2D eigenvalue weighted by Gasteiger charge is 2.16. The Morgan fingerprint density at radius 2 is 1.67 bits per heavy atom. The maximum absolute atomic E-state index is 10.8. The van der Waals surface area contributed by atoms with Gasteiger partial charge in [0.2, 0.25) is 0 Å². The number of hydrogen-bond acceptors (Lipinski definition) is 5. The third kappa shape index (κ3) is 2.53. The molecule has 2 aromatic rings. The second kappa shape index (κ2) is 5.52. The quantitative estimate of drug-likeness (QED) is 0.616. The molecule has 0 amide bonds. The minimum Gasteiger partial charge on any atom is -0.258 e. The lowest BCUT2D eigenvalue weighted by Gasteiger charge is -2.07. The molecule has 0 bridgehead atoms. The second-order valence-electron chi connectivity index (χ2n) is 4.00. The SMILES string of the molecule is N#Cc1cc(C#N)c(-c2cc[c]c([N+](=O)[O-])c2)c(C#N)c1. The predicted octanol–water partition coefficient (Wildman–Crippen LogP) is 2.68. The number of hydrogen-bond donors (Lipinski definition) is 0. The van der Waals surface area contributed by atoms with E-state index in [1.54, 1.807) is 0 Å². The van der Waals surface area contributed by atoms with Gasteiger partial charge in [-0.3, -0.25) is 10.1 Å². The zero-order valence-corrected chi connectivity index (χ0v) is 10.5. The Hall–Kier alpha value is -3.69. The van der Waals surface area contributed by atoms with Gasteiger partial charge in [-0.1, -0.05) is 6.07 Å². The molecule has 0 saturated heterocycles. The van der Waals surface area contributed by atoms with Crippen molar-refractivity contribution in [3.8, 4) is 29.3 Å². The van der Waals surface area contributed by atoms with Crippen LogP contribution in [0.4, 0.5) is 5.69 Å². The Bertz CT molecular complexity index is 831. The number of benzene rings is 2. The van der Waals surface area contributed by atoms with Gasteiger partial charge in [-0.15, -0.1) is 0 Å². The minimum atomic E-state index is -0.606. The van der Waals surface area contributed by atoms with Crippen molar-refractivity contribution in [3.63, 3.8) is 0 Å². The van der Waals surface area contributed by atoms with E-state index in [0.29, 0.717) is 5.56 Å². The maximum Gasteiger partial charge on any atom is 0.278 e. The van der Waals surface area contributed by atoms with Crippen LogP contribution < -0.4 is 0 Å². The summed E-state index contributed by atoms with van der Waals surface area (Å²) in [6.45, 7) is 0. The van der Waals surface area contributed by atoms with Gasteiger partial charge in [0.15, 0.2) is 0 Å². The Balaban J connectivity index is 2.78.